The second kappa shape index (κ2) is 4.34. The highest BCUT2D eigenvalue weighted by atomic mass is 16.6. The lowest BCUT2D eigenvalue weighted by atomic mass is 9.85. The molecule has 15 heavy (non-hydrogen) atoms. The minimum absolute atomic E-state index is 0.160. The van der Waals surface area contributed by atoms with Gasteiger partial charge in [-0.25, -0.2) is 4.79 Å². The molecular weight excluding hydrogens is 190 g/mol. The number of carbonyl (C=O) groups excluding carboxylic acids is 1. The summed E-state index contributed by atoms with van der Waals surface area (Å²) in [6.07, 6.45) is -0.741. The highest BCUT2D eigenvalue weighted by molar-refractivity contribution is 5.65. The van der Waals surface area contributed by atoms with Crippen LogP contribution in [0.25, 0.3) is 0 Å². The van der Waals surface area contributed by atoms with E-state index in [2.05, 4.69) is 0 Å². The number of hydrogen-bond donors (Lipinski definition) is 1. The Hall–Kier alpha value is -1.51. The highest BCUT2D eigenvalue weighted by Crippen LogP contribution is 2.32. The van der Waals surface area contributed by atoms with Crippen molar-refractivity contribution in [3.8, 4) is 0 Å². The van der Waals surface area contributed by atoms with Crippen molar-refractivity contribution in [3.63, 3.8) is 0 Å². The monoisotopic (exact) mass is 207 g/mol. The Morgan fingerprint density at radius 3 is 2.27 bits per heavy atom. The number of rotatable bonds is 3. The number of nitrogens with two attached hydrogens (primary N) is 1. The van der Waals surface area contributed by atoms with Crippen molar-refractivity contribution in [1.29, 1.82) is 0 Å². The van der Waals surface area contributed by atoms with Crippen LogP contribution in [0.4, 0.5) is 4.79 Å². The van der Waals surface area contributed by atoms with Crippen LogP contribution in [-0.4, -0.2) is 6.09 Å². The van der Waals surface area contributed by atoms with E-state index in [-0.39, 0.29) is 5.92 Å². The molecule has 1 aromatic rings. The van der Waals surface area contributed by atoms with Crippen molar-refractivity contribution in [1.82, 2.24) is 0 Å². The zero-order valence-corrected chi connectivity index (χ0v) is 9.36. The van der Waals surface area contributed by atoms with Crippen molar-refractivity contribution in [2.24, 2.45) is 11.7 Å². The summed E-state index contributed by atoms with van der Waals surface area (Å²) in [5.41, 5.74) is 5.39. The van der Waals surface area contributed by atoms with Gasteiger partial charge in [-0.05, 0) is 18.4 Å². The Morgan fingerprint density at radius 1 is 1.33 bits per heavy atom. The molecule has 0 aliphatic heterocycles. The number of primary amides is 1. The van der Waals surface area contributed by atoms with Crippen LogP contribution in [0.3, 0.4) is 0 Å². The molecule has 0 aliphatic carbocycles. The van der Waals surface area contributed by atoms with E-state index in [9.17, 15) is 4.79 Å². The zero-order valence-electron chi connectivity index (χ0n) is 9.36. The molecule has 2 N–H and O–H groups in total. The van der Waals surface area contributed by atoms with Crippen LogP contribution in [0.15, 0.2) is 30.3 Å². The standard InChI is InChI=1S/C12H17NO2/c1-9(2)12(3,15-11(13)14)10-7-5-4-6-8-10/h4-9H,1-3H3,(H2,13,14). The normalized spacial score (nSPS) is 14.7. The summed E-state index contributed by atoms with van der Waals surface area (Å²) in [5.74, 6) is 0.160. The van der Waals surface area contributed by atoms with Gasteiger partial charge in [0.05, 0.1) is 0 Å². The first-order valence-corrected chi connectivity index (χ1v) is 5.01. The third-order valence-electron chi connectivity index (χ3n) is 2.76. The Morgan fingerprint density at radius 2 is 1.87 bits per heavy atom. The van der Waals surface area contributed by atoms with Gasteiger partial charge in [-0.15, -0.1) is 0 Å². The molecule has 0 bridgehead atoms. The molecule has 0 saturated carbocycles. The molecule has 0 aliphatic rings. The number of carbonyl (C=O) groups is 1. The summed E-state index contributed by atoms with van der Waals surface area (Å²) in [5, 5.41) is 0. The molecule has 1 atom stereocenters. The van der Waals surface area contributed by atoms with E-state index in [1.807, 2.05) is 51.1 Å². The first-order valence-electron chi connectivity index (χ1n) is 5.01. The van der Waals surface area contributed by atoms with E-state index < -0.39 is 11.7 Å². The Labute approximate surface area is 90.2 Å². The Kier molecular flexibility index (Phi) is 3.35. The van der Waals surface area contributed by atoms with Gasteiger partial charge in [-0.1, -0.05) is 44.2 Å². The minimum Gasteiger partial charge on any atom is -0.438 e. The maximum atomic E-state index is 10.9. The molecule has 0 radical (unpaired) electrons. The second-order valence-electron chi connectivity index (χ2n) is 4.05. The van der Waals surface area contributed by atoms with E-state index in [0.717, 1.165) is 5.56 Å². The molecule has 0 saturated heterocycles. The molecule has 1 unspecified atom stereocenters. The summed E-state index contributed by atoms with van der Waals surface area (Å²) in [7, 11) is 0. The predicted octanol–water partition coefficient (Wildman–Crippen LogP) is 2.65. The van der Waals surface area contributed by atoms with Crippen molar-refractivity contribution >= 4 is 6.09 Å². The van der Waals surface area contributed by atoms with Gasteiger partial charge < -0.3 is 10.5 Å². The lowest BCUT2D eigenvalue weighted by Crippen LogP contribution is -2.36. The van der Waals surface area contributed by atoms with Crippen molar-refractivity contribution in [2.45, 2.75) is 26.4 Å². The molecule has 1 aromatic carbocycles. The topological polar surface area (TPSA) is 52.3 Å². The van der Waals surface area contributed by atoms with E-state index in [1.165, 1.54) is 0 Å². The third-order valence-corrected chi connectivity index (χ3v) is 2.76. The van der Waals surface area contributed by atoms with Gasteiger partial charge in [0, 0.05) is 0 Å². The van der Waals surface area contributed by atoms with Gasteiger partial charge in [-0.2, -0.15) is 0 Å². The highest BCUT2D eigenvalue weighted by Gasteiger charge is 2.33. The first kappa shape index (κ1) is 11.6. The molecule has 82 valence electrons. The van der Waals surface area contributed by atoms with Crippen LogP contribution < -0.4 is 5.73 Å². The van der Waals surface area contributed by atoms with Gasteiger partial charge in [-0.3, -0.25) is 0 Å². The van der Waals surface area contributed by atoms with Gasteiger partial charge >= 0.3 is 6.09 Å². The van der Waals surface area contributed by atoms with Crippen LogP contribution in [0.2, 0.25) is 0 Å². The van der Waals surface area contributed by atoms with Crippen LogP contribution >= 0.6 is 0 Å². The quantitative estimate of drug-likeness (QED) is 0.828. The Bertz CT molecular complexity index is 335. The molecule has 0 fully saturated rings. The number of benzene rings is 1. The van der Waals surface area contributed by atoms with Crippen LogP contribution in [0.1, 0.15) is 26.3 Å². The molecule has 1 amide bonds. The van der Waals surface area contributed by atoms with E-state index >= 15 is 0 Å². The van der Waals surface area contributed by atoms with Crippen LogP contribution in [0.5, 0.6) is 0 Å². The maximum absolute atomic E-state index is 10.9. The summed E-state index contributed by atoms with van der Waals surface area (Å²) in [6, 6.07) is 9.63. The van der Waals surface area contributed by atoms with E-state index in [1.54, 1.807) is 0 Å². The smallest absolute Gasteiger partial charge is 0.405 e. The number of hydrogen-bond acceptors (Lipinski definition) is 2. The zero-order chi connectivity index (χ0) is 11.5. The van der Waals surface area contributed by atoms with Gasteiger partial charge in [0.2, 0.25) is 0 Å². The fourth-order valence-electron chi connectivity index (χ4n) is 1.49. The molecule has 3 heteroatoms. The van der Waals surface area contributed by atoms with Crippen LogP contribution in [0, 0.1) is 5.92 Å². The molecule has 0 aromatic heterocycles. The Balaban J connectivity index is 3.07. The largest absolute Gasteiger partial charge is 0.438 e. The molecule has 1 rings (SSSR count). The second-order valence-corrected chi connectivity index (χ2v) is 4.05. The lowest BCUT2D eigenvalue weighted by Gasteiger charge is -2.33. The molecule has 0 heterocycles. The van der Waals surface area contributed by atoms with E-state index in [0.29, 0.717) is 0 Å². The van der Waals surface area contributed by atoms with Gasteiger partial charge in [0.15, 0.2) is 0 Å². The lowest BCUT2D eigenvalue weighted by molar-refractivity contribution is -0.00899. The number of amides is 1. The first-order chi connectivity index (χ1) is 6.97. The fourth-order valence-corrected chi connectivity index (χ4v) is 1.49. The van der Waals surface area contributed by atoms with Gasteiger partial charge in [0.25, 0.3) is 0 Å². The number of ether oxygens (including phenoxy) is 1. The molecule has 3 nitrogen and oxygen atoms in total. The van der Waals surface area contributed by atoms with Crippen LogP contribution in [-0.2, 0) is 10.3 Å². The summed E-state index contributed by atoms with van der Waals surface area (Å²) >= 11 is 0. The minimum atomic E-state index is -0.741. The molecular formula is C12H17NO2. The molecule has 0 spiro atoms. The average molecular weight is 207 g/mol. The summed E-state index contributed by atoms with van der Waals surface area (Å²) in [6.45, 7) is 5.86. The summed E-state index contributed by atoms with van der Waals surface area (Å²) in [4.78, 5) is 10.9. The van der Waals surface area contributed by atoms with Crippen molar-refractivity contribution in [2.75, 3.05) is 0 Å². The SMILES string of the molecule is CC(C)C(C)(OC(N)=O)c1ccccc1. The van der Waals surface area contributed by atoms with Crippen molar-refractivity contribution < 1.29 is 9.53 Å². The average Bonchev–Trinajstić information content (AvgIpc) is 2.17. The maximum Gasteiger partial charge on any atom is 0.405 e. The predicted molar refractivity (Wildman–Crippen MR) is 59.3 cm³/mol. The van der Waals surface area contributed by atoms with E-state index in [4.69, 9.17) is 10.5 Å². The summed E-state index contributed by atoms with van der Waals surface area (Å²) < 4.78 is 5.22. The third kappa shape index (κ3) is 2.49. The van der Waals surface area contributed by atoms with Crippen molar-refractivity contribution in [3.05, 3.63) is 35.9 Å². The van der Waals surface area contributed by atoms with Gasteiger partial charge in [0.1, 0.15) is 5.60 Å². The fraction of sp³-hybridized carbons (Fsp3) is 0.417.